The number of carbonyl (C=O) groups excluding carboxylic acids is 1. The van der Waals surface area contributed by atoms with E-state index >= 15 is 0 Å². The molecule has 0 fully saturated rings. The zero-order valence-electron chi connectivity index (χ0n) is 12.2. The lowest BCUT2D eigenvalue weighted by Crippen LogP contribution is -2.40. The standard InChI is InChI=1S/C15H24N2O3/c1-12(2)17(8-3-9-18)15(19)11-20-14-6-4-13(10-16)5-7-14/h4-7,12,18H,3,8-11,16H2,1-2H3. The van der Waals surface area contributed by atoms with Gasteiger partial charge in [0, 0.05) is 25.7 Å². The van der Waals surface area contributed by atoms with E-state index in [0.717, 1.165) is 5.56 Å². The molecule has 0 aliphatic carbocycles. The molecule has 5 heteroatoms. The monoisotopic (exact) mass is 280 g/mol. The second-order valence-corrected chi connectivity index (χ2v) is 4.89. The summed E-state index contributed by atoms with van der Waals surface area (Å²) in [6.07, 6.45) is 0.578. The third-order valence-electron chi connectivity index (χ3n) is 3.02. The maximum atomic E-state index is 12.1. The van der Waals surface area contributed by atoms with Gasteiger partial charge in [-0.25, -0.2) is 0 Å². The first-order valence-electron chi connectivity index (χ1n) is 6.90. The Hall–Kier alpha value is -1.59. The van der Waals surface area contributed by atoms with E-state index in [4.69, 9.17) is 15.6 Å². The molecule has 0 saturated carbocycles. The van der Waals surface area contributed by atoms with E-state index in [1.807, 2.05) is 38.1 Å². The number of nitrogens with two attached hydrogens (primary N) is 1. The van der Waals surface area contributed by atoms with Crippen LogP contribution in [0.3, 0.4) is 0 Å². The van der Waals surface area contributed by atoms with Gasteiger partial charge in [0.1, 0.15) is 5.75 Å². The van der Waals surface area contributed by atoms with Crippen LogP contribution in [0.2, 0.25) is 0 Å². The molecule has 3 N–H and O–H groups in total. The lowest BCUT2D eigenvalue weighted by Gasteiger charge is -2.26. The maximum absolute atomic E-state index is 12.1. The van der Waals surface area contributed by atoms with Crippen molar-refractivity contribution in [3.63, 3.8) is 0 Å². The highest BCUT2D eigenvalue weighted by Crippen LogP contribution is 2.12. The fourth-order valence-corrected chi connectivity index (χ4v) is 1.86. The lowest BCUT2D eigenvalue weighted by molar-refractivity contribution is -0.135. The van der Waals surface area contributed by atoms with Crippen LogP contribution in [0.4, 0.5) is 0 Å². The summed E-state index contributed by atoms with van der Waals surface area (Å²) in [7, 11) is 0. The Labute approximate surface area is 120 Å². The minimum Gasteiger partial charge on any atom is -0.484 e. The highest BCUT2D eigenvalue weighted by Gasteiger charge is 2.16. The zero-order chi connectivity index (χ0) is 15.0. The van der Waals surface area contributed by atoms with E-state index in [-0.39, 0.29) is 25.2 Å². The molecule has 20 heavy (non-hydrogen) atoms. The van der Waals surface area contributed by atoms with E-state index in [1.54, 1.807) is 4.90 Å². The van der Waals surface area contributed by atoms with Crippen molar-refractivity contribution in [3.8, 4) is 5.75 Å². The van der Waals surface area contributed by atoms with Crippen molar-refractivity contribution in [1.82, 2.24) is 4.90 Å². The molecule has 0 spiro atoms. The molecule has 0 heterocycles. The first-order chi connectivity index (χ1) is 9.58. The predicted molar refractivity (Wildman–Crippen MR) is 78.4 cm³/mol. The molecule has 0 aliphatic rings. The molecule has 0 radical (unpaired) electrons. The molecule has 0 aliphatic heterocycles. The number of rotatable bonds is 8. The smallest absolute Gasteiger partial charge is 0.260 e. The molecule has 0 bridgehead atoms. The summed E-state index contributed by atoms with van der Waals surface area (Å²) < 4.78 is 5.48. The van der Waals surface area contributed by atoms with Gasteiger partial charge in [0.2, 0.25) is 0 Å². The number of hydrogen-bond donors (Lipinski definition) is 2. The Balaban J connectivity index is 2.50. The number of aliphatic hydroxyl groups excluding tert-OH is 1. The number of carbonyl (C=O) groups is 1. The van der Waals surface area contributed by atoms with Crippen LogP contribution >= 0.6 is 0 Å². The average Bonchev–Trinajstić information content (AvgIpc) is 2.45. The van der Waals surface area contributed by atoms with E-state index < -0.39 is 0 Å². The van der Waals surface area contributed by atoms with Gasteiger partial charge in [0.05, 0.1) is 0 Å². The quantitative estimate of drug-likeness (QED) is 0.749. The van der Waals surface area contributed by atoms with Gasteiger partial charge in [0.15, 0.2) is 6.61 Å². The van der Waals surface area contributed by atoms with Gasteiger partial charge >= 0.3 is 0 Å². The Bertz CT molecular complexity index is 404. The molecule has 1 rings (SSSR count). The number of benzene rings is 1. The first kappa shape index (κ1) is 16.5. The summed E-state index contributed by atoms with van der Waals surface area (Å²) in [4.78, 5) is 13.8. The second kappa shape index (κ2) is 8.55. The van der Waals surface area contributed by atoms with Crippen LogP contribution in [0.15, 0.2) is 24.3 Å². The van der Waals surface area contributed by atoms with Crippen LogP contribution in [0, 0.1) is 0 Å². The van der Waals surface area contributed by atoms with Gasteiger partial charge in [-0.15, -0.1) is 0 Å². The fraction of sp³-hybridized carbons (Fsp3) is 0.533. The highest BCUT2D eigenvalue weighted by molar-refractivity contribution is 5.78. The van der Waals surface area contributed by atoms with Gasteiger partial charge in [-0.2, -0.15) is 0 Å². The van der Waals surface area contributed by atoms with Crippen LogP contribution in [0.5, 0.6) is 5.75 Å². The van der Waals surface area contributed by atoms with Crippen LogP contribution in [0.1, 0.15) is 25.8 Å². The summed E-state index contributed by atoms with van der Waals surface area (Å²) in [5.41, 5.74) is 6.54. The Kier molecular flexibility index (Phi) is 7.04. The van der Waals surface area contributed by atoms with E-state index in [0.29, 0.717) is 25.3 Å². The van der Waals surface area contributed by atoms with Crippen LogP contribution in [0.25, 0.3) is 0 Å². The molecule has 0 atom stereocenters. The zero-order valence-corrected chi connectivity index (χ0v) is 12.2. The van der Waals surface area contributed by atoms with Crippen molar-refractivity contribution in [2.75, 3.05) is 19.8 Å². The number of nitrogens with zero attached hydrogens (tertiary/aromatic N) is 1. The van der Waals surface area contributed by atoms with Gasteiger partial charge in [-0.3, -0.25) is 4.79 Å². The molecule has 0 aromatic heterocycles. The van der Waals surface area contributed by atoms with Crippen molar-refractivity contribution in [2.24, 2.45) is 5.73 Å². The Morgan fingerprint density at radius 2 is 2.00 bits per heavy atom. The number of aliphatic hydroxyl groups is 1. The van der Waals surface area contributed by atoms with E-state index in [1.165, 1.54) is 0 Å². The van der Waals surface area contributed by atoms with Crippen LogP contribution in [-0.4, -0.2) is 41.7 Å². The molecule has 1 amide bonds. The Morgan fingerprint density at radius 3 is 2.50 bits per heavy atom. The maximum Gasteiger partial charge on any atom is 0.260 e. The number of amides is 1. The average molecular weight is 280 g/mol. The second-order valence-electron chi connectivity index (χ2n) is 4.89. The number of ether oxygens (including phenoxy) is 1. The first-order valence-corrected chi connectivity index (χ1v) is 6.90. The van der Waals surface area contributed by atoms with Crippen molar-refractivity contribution in [2.45, 2.75) is 32.9 Å². The fourth-order valence-electron chi connectivity index (χ4n) is 1.86. The minimum atomic E-state index is -0.0728. The molecular formula is C15H24N2O3. The van der Waals surface area contributed by atoms with Gasteiger partial charge in [-0.05, 0) is 38.0 Å². The predicted octanol–water partition coefficient (Wildman–Crippen LogP) is 1.14. The molecule has 5 nitrogen and oxygen atoms in total. The normalized spacial score (nSPS) is 10.7. The van der Waals surface area contributed by atoms with Crippen LogP contribution in [-0.2, 0) is 11.3 Å². The van der Waals surface area contributed by atoms with Crippen molar-refractivity contribution in [1.29, 1.82) is 0 Å². The SMILES string of the molecule is CC(C)N(CCCO)C(=O)COc1ccc(CN)cc1. The third-order valence-corrected chi connectivity index (χ3v) is 3.02. The lowest BCUT2D eigenvalue weighted by atomic mass is 10.2. The molecule has 1 aromatic carbocycles. The molecule has 112 valence electrons. The van der Waals surface area contributed by atoms with E-state index in [2.05, 4.69) is 0 Å². The third kappa shape index (κ3) is 5.19. The van der Waals surface area contributed by atoms with Crippen molar-refractivity contribution < 1.29 is 14.6 Å². The van der Waals surface area contributed by atoms with Crippen molar-refractivity contribution in [3.05, 3.63) is 29.8 Å². The molecule has 0 saturated heterocycles. The highest BCUT2D eigenvalue weighted by atomic mass is 16.5. The molecular weight excluding hydrogens is 256 g/mol. The Morgan fingerprint density at radius 1 is 1.35 bits per heavy atom. The summed E-state index contributed by atoms with van der Waals surface area (Å²) >= 11 is 0. The largest absolute Gasteiger partial charge is 0.484 e. The summed E-state index contributed by atoms with van der Waals surface area (Å²) in [6.45, 7) is 5.02. The van der Waals surface area contributed by atoms with Gasteiger partial charge in [0.25, 0.3) is 5.91 Å². The van der Waals surface area contributed by atoms with Crippen molar-refractivity contribution >= 4 is 5.91 Å². The van der Waals surface area contributed by atoms with E-state index in [9.17, 15) is 4.79 Å². The topological polar surface area (TPSA) is 75.8 Å². The summed E-state index contributed by atoms with van der Waals surface area (Å²) in [6, 6.07) is 7.47. The molecule has 1 aromatic rings. The van der Waals surface area contributed by atoms with Gasteiger partial charge in [-0.1, -0.05) is 12.1 Å². The van der Waals surface area contributed by atoms with Gasteiger partial charge < -0.3 is 20.5 Å². The molecule has 0 unspecified atom stereocenters. The van der Waals surface area contributed by atoms with Crippen LogP contribution < -0.4 is 10.5 Å². The summed E-state index contributed by atoms with van der Waals surface area (Å²) in [5.74, 6) is 0.581. The number of hydrogen-bond acceptors (Lipinski definition) is 4. The minimum absolute atomic E-state index is 0.00554. The summed E-state index contributed by atoms with van der Waals surface area (Å²) in [5, 5.41) is 8.86.